The lowest BCUT2D eigenvalue weighted by atomic mass is 10.3. The molecule has 0 saturated heterocycles. The maximum absolute atomic E-state index is 10.1. The summed E-state index contributed by atoms with van der Waals surface area (Å²) in [7, 11) is 0. The van der Waals surface area contributed by atoms with Gasteiger partial charge in [0.1, 0.15) is 6.04 Å². The molecule has 0 fully saturated rings. The molecule has 0 aromatic rings. The summed E-state index contributed by atoms with van der Waals surface area (Å²) < 4.78 is 0. The van der Waals surface area contributed by atoms with E-state index >= 15 is 0 Å². The van der Waals surface area contributed by atoms with Gasteiger partial charge in [0.25, 0.3) is 0 Å². The zero-order chi connectivity index (χ0) is 8.15. The van der Waals surface area contributed by atoms with Crippen molar-refractivity contribution in [2.24, 2.45) is 0 Å². The largest absolute Gasteiger partial charge is 0.480 e. The SMILES string of the molecule is Cl.O=C(O)NC(CS)C(=O)O. The van der Waals surface area contributed by atoms with Crippen molar-refractivity contribution in [3.05, 3.63) is 0 Å². The number of halogens is 1. The summed E-state index contributed by atoms with van der Waals surface area (Å²) in [5.41, 5.74) is 0. The number of aliphatic carboxylic acids is 1. The Bertz CT molecular complexity index is 153. The van der Waals surface area contributed by atoms with E-state index in [0.29, 0.717) is 0 Å². The number of carbonyl (C=O) groups is 2. The molecule has 0 radical (unpaired) electrons. The lowest BCUT2D eigenvalue weighted by molar-refractivity contribution is -0.138. The van der Waals surface area contributed by atoms with Crippen LogP contribution in [0.1, 0.15) is 0 Å². The number of rotatable bonds is 3. The Morgan fingerprint density at radius 1 is 1.45 bits per heavy atom. The first-order chi connectivity index (χ1) is 4.57. The number of amides is 1. The normalized spacial score (nSPS) is 11.0. The van der Waals surface area contributed by atoms with Crippen molar-refractivity contribution in [1.82, 2.24) is 5.32 Å². The summed E-state index contributed by atoms with van der Waals surface area (Å²) in [5.74, 6) is -1.28. The lowest BCUT2D eigenvalue weighted by Crippen LogP contribution is -2.41. The van der Waals surface area contributed by atoms with Gasteiger partial charge in [0, 0.05) is 5.75 Å². The van der Waals surface area contributed by atoms with Crippen LogP contribution in [0.5, 0.6) is 0 Å². The van der Waals surface area contributed by atoms with E-state index in [1.54, 1.807) is 5.32 Å². The van der Waals surface area contributed by atoms with Crippen molar-refractivity contribution in [1.29, 1.82) is 0 Å². The molecule has 0 aliphatic rings. The molecule has 3 N–H and O–H groups in total. The number of hydrogen-bond acceptors (Lipinski definition) is 3. The molecule has 0 aromatic heterocycles. The molecule has 0 bridgehead atoms. The number of thiol groups is 1. The standard InChI is InChI=1S/C4H7NO4S.ClH/c6-3(7)2(1-10)5-4(8)9;/h2,5,10H,1H2,(H,6,7)(H,8,9);1H. The third kappa shape index (κ3) is 5.81. The van der Waals surface area contributed by atoms with E-state index in [1.807, 2.05) is 0 Å². The van der Waals surface area contributed by atoms with Gasteiger partial charge in [-0.15, -0.1) is 12.4 Å². The third-order valence-electron chi connectivity index (χ3n) is 0.778. The van der Waals surface area contributed by atoms with Crippen LogP contribution in [-0.2, 0) is 4.79 Å². The van der Waals surface area contributed by atoms with Crippen LogP contribution in [0.15, 0.2) is 0 Å². The van der Waals surface area contributed by atoms with Crippen LogP contribution in [0.25, 0.3) is 0 Å². The molecule has 1 atom stereocenters. The van der Waals surface area contributed by atoms with E-state index in [9.17, 15) is 9.59 Å². The average molecular weight is 202 g/mol. The first-order valence-corrected chi connectivity index (χ1v) is 3.04. The predicted octanol–water partition coefficient (Wildman–Crippen LogP) is 0.0588. The highest BCUT2D eigenvalue weighted by Crippen LogP contribution is 1.86. The van der Waals surface area contributed by atoms with Gasteiger partial charge in [-0.25, -0.2) is 9.59 Å². The minimum atomic E-state index is -1.36. The summed E-state index contributed by atoms with van der Waals surface area (Å²) in [6, 6.07) is -1.12. The molecule has 0 aromatic carbocycles. The Morgan fingerprint density at radius 3 is 2.00 bits per heavy atom. The maximum Gasteiger partial charge on any atom is 0.405 e. The van der Waals surface area contributed by atoms with Crippen LogP contribution >= 0.6 is 25.0 Å². The highest BCUT2D eigenvalue weighted by molar-refractivity contribution is 7.80. The quantitative estimate of drug-likeness (QED) is 0.487. The molecule has 1 amide bonds. The monoisotopic (exact) mass is 201 g/mol. The topological polar surface area (TPSA) is 86.6 Å². The molecule has 11 heavy (non-hydrogen) atoms. The smallest absolute Gasteiger partial charge is 0.405 e. The molecular weight excluding hydrogens is 194 g/mol. The van der Waals surface area contributed by atoms with Crippen molar-refractivity contribution in [2.75, 3.05) is 5.75 Å². The van der Waals surface area contributed by atoms with Crippen LogP contribution in [-0.4, -0.2) is 34.1 Å². The van der Waals surface area contributed by atoms with Gasteiger partial charge in [-0.2, -0.15) is 12.6 Å². The average Bonchev–Trinajstić information content (AvgIpc) is 1.81. The van der Waals surface area contributed by atoms with Crippen LogP contribution in [0, 0.1) is 0 Å². The van der Waals surface area contributed by atoms with Crippen LogP contribution in [0.2, 0.25) is 0 Å². The van der Waals surface area contributed by atoms with Gasteiger partial charge in [0.05, 0.1) is 0 Å². The van der Waals surface area contributed by atoms with Crippen molar-refractivity contribution in [3.8, 4) is 0 Å². The number of carboxylic acid groups (broad SMARTS) is 2. The van der Waals surface area contributed by atoms with Gasteiger partial charge >= 0.3 is 12.1 Å². The fraction of sp³-hybridized carbons (Fsp3) is 0.500. The second-order valence-electron chi connectivity index (χ2n) is 1.52. The minimum Gasteiger partial charge on any atom is -0.480 e. The van der Waals surface area contributed by atoms with E-state index in [1.165, 1.54) is 0 Å². The van der Waals surface area contributed by atoms with Crippen molar-refractivity contribution in [3.63, 3.8) is 0 Å². The molecular formula is C4H8ClNO4S. The summed E-state index contributed by atoms with van der Waals surface area (Å²) in [6.45, 7) is 0. The van der Waals surface area contributed by atoms with Crippen molar-refractivity contribution >= 4 is 37.1 Å². The zero-order valence-corrected chi connectivity index (χ0v) is 7.06. The Hall–Kier alpha value is -0.620. The van der Waals surface area contributed by atoms with Crippen molar-refractivity contribution in [2.45, 2.75) is 6.04 Å². The van der Waals surface area contributed by atoms with E-state index in [4.69, 9.17) is 10.2 Å². The highest BCUT2D eigenvalue weighted by atomic mass is 35.5. The second-order valence-corrected chi connectivity index (χ2v) is 1.89. The second kappa shape index (κ2) is 6.11. The van der Waals surface area contributed by atoms with E-state index in [-0.39, 0.29) is 18.2 Å². The Morgan fingerprint density at radius 2 is 1.91 bits per heavy atom. The first-order valence-electron chi connectivity index (χ1n) is 2.41. The van der Waals surface area contributed by atoms with Crippen LogP contribution in [0.4, 0.5) is 4.79 Å². The highest BCUT2D eigenvalue weighted by Gasteiger charge is 2.16. The van der Waals surface area contributed by atoms with Gasteiger partial charge in [-0.05, 0) is 0 Å². The Kier molecular flexibility index (Phi) is 7.23. The fourth-order valence-electron chi connectivity index (χ4n) is 0.335. The molecule has 0 saturated carbocycles. The molecule has 66 valence electrons. The summed E-state index contributed by atoms with van der Waals surface area (Å²) in [6.07, 6.45) is -1.36. The summed E-state index contributed by atoms with van der Waals surface area (Å²) in [4.78, 5) is 20.0. The number of hydrogen-bond donors (Lipinski definition) is 4. The zero-order valence-electron chi connectivity index (χ0n) is 5.35. The van der Waals surface area contributed by atoms with E-state index in [0.717, 1.165) is 0 Å². The molecule has 1 unspecified atom stereocenters. The molecule has 0 spiro atoms. The van der Waals surface area contributed by atoms with E-state index < -0.39 is 18.1 Å². The lowest BCUT2D eigenvalue weighted by Gasteiger charge is -2.06. The first kappa shape index (κ1) is 13.0. The summed E-state index contributed by atoms with van der Waals surface area (Å²) >= 11 is 3.62. The molecule has 0 aliphatic heterocycles. The Labute approximate surface area is 74.6 Å². The molecule has 0 rings (SSSR count). The minimum absolute atomic E-state index is 0. The van der Waals surface area contributed by atoms with Gasteiger partial charge in [-0.3, -0.25) is 0 Å². The molecule has 5 nitrogen and oxygen atoms in total. The third-order valence-corrected chi connectivity index (χ3v) is 1.14. The predicted molar refractivity (Wildman–Crippen MR) is 43.7 cm³/mol. The molecule has 0 heterocycles. The fourth-order valence-corrected chi connectivity index (χ4v) is 0.582. The number of nitrogens with one attached hydrogen (secondary N) is 1. The maximum atomic E-state index is 10.1. The van der Waals surface area contributed by atoms with Gasteiger partial charge in [-0.1, -0.05) is 0 Å². The molecule has 0 aliphatic carbocycles. The van der Waals surface area contributed by atoms with Gasteiger partial charge < -0.3 is 15.5 Å². The number of carboxylic acids is 1. The summed E-state index contributed by atoms with van der Waals surface area (Å²) in [5, 5.41) is 18.1. The van der Waals surface area contributed by atoms with Crippen LogP contribution in [0.3, 0.4) is 0 Å². The van der Waals surface area contributed by atoms with Gasteiger partial charge in [0.15, 0.2) is 0 Å². The van der Waals surface area contributed by atoms with Crippen molar-refractivity contribution < 1.29 is 19.8 Å². The van der Waals surface area contributed by atoms with Gasteiger partial charge in [0.2, 0.25) is 0 Å². The molecule has 7 heteroatoms. The van der Waals surface area contributed by atoms with E-state index in [2.05, 4.69) is 12.6 Å². The Balaban J connectivity index is 0. The van der Waals surface area contributed by atoms with Crippen LogP contribution < -0.4 is 5.32 Å².